The molecule has 0 spiro atoms. The molecule has 0 aliphatic heterocycles. The summed E-state index contributed by atoms with van der Waals surface area (Å²) in [6, 6.07) is 14.0. The summed E-state index contributed by atoms with van der Waals surface area (Å²) in [5.41, 5.74) is 2.70. The van der Waals surface area contributed by atoms with Crippen molar-refractivity contribution in [3.8, 4) is 0 Å². The van der Waals surface area contributed by atoms with E-state index < -0.39 is 23.4 Å². The van der Waals surface area contributed by atoms with Gasteiger partial charge >= 0.3 is 5.97 Å². The van der Waals surface area contributed by atoms with Crippen molar-refractivity contribution in [2.75, 3.05) is 11.9 Å². The summed E-state index contributed by atoms with van der Waals surface area (Å²) < 4.78 is 6.59. The first-order valence-electron chi connectivity index (χ1n) is 9.91. The lowest BCUT2D eigenvalue weighted by Crippen LogP contribution is -2.20. The number of hydrogen-bond acceptors (Lipinski definition) is 6. The molecule has 170 valence electrons. The third-order valence-electron chi connectivity index (χ3n) is 4.79. The minimum Gasteiger partial charge on any atom is -0.452 e. The van der Waals surface area contributed by atoms with Crippen LogP contribution in [0.2, 0.25) is 5.15 Å². The van der Waals surface area contributed by atoms with E-state index >= 15 is 0 Å². The van der Waals surface area contributed by atoms with Crippen LogP contribution in [0, 0.1) is 24.0 Å². The van der Waals surface area contributed by atoms with Gasteiger partial charge < -0.3 is 10.1 Å². The number of amides is 1. The molecule has 0 unspecified atom stereocenters. The number of anilines is 1. The Morgan fingerprint density at radius 2 is 1.91 bits per heavy atom. The molecule has 0 fully saturated rings. The van der Waals surface area contributed by atoms with Crippen molar-refractivity contribution >= 4 is 40.9 Å². The predicted octanol–water partition coefficient (Wildman–Crippen LogP) is 4.30. The Kier molecular flexibility index (Phi) is 7.57. The van der Waals surface area contributed by atoms with Crippen molar-refractivity contribution in [1.29, 1.82) is 0 Å². The van der Waals surface area contributed by atoms with Crippen LogP contribution in [0.4, 0.5) is 11.4 Å². The van der Waals surface area contributed by atoms with Crippen molar-refractivity contribution in [2.24, 2.45) is 0 Å². The molecule has 1 amide bonds. The lowest BCUT2D eigenvalue weighted by atomic mass is 10.1. The van der Waals surface area contributed by atoms with Crippen LogP contribution in [0.5, 0.6) is 0 Å². The molecule has 33 heavy (non-hydrogen) atoms. The standard InChI is InChI=1S/C23H21ClN4O5/c1-15-19(9-6-10-20(15)28(31)32)25-21(29)14-33-22(30)12-11-18-16(2)26-27(23(18)24)13-17-7-4-3-5-8-17/h3-12H,13-14H2,1-2H3,(H,25,29)/b12-11+. The van der Waals surface area contributed by atoms with Crippen LogP contribution in [-0.2, 0) is 20.9 Å². The van der Waals surface area contributed by atoms with Crippen LogP contribution in [0.15, 0.2) is 54.6 Å². The van der Waals surface area contributed by atoms with E-state index in [-0.39, 0.29) is 11.4 Å². The van der Waals surface area contributed by atoms with Crippen molar-refractivity contribution in [1.82, 2.24) is 9.78 Å². The molecule has 1 aromatic heterocycles. The number of benzene rings is 2. The normalized spacial score (nSPS) is 10.9. The van der Waals surface area contributed by atoms with Crippen LogP contribution in [0.1, 0.15) is 22.4 Å². The summed E-state index contributed by atoms with van der Waals surface area (Å²) in [6.45, 7) is 3.22. The van der Waals surface area contributed by atoms with Crippen LogP contribution in [-0.4, -0.2) is 33.2 Å². The van der Waals surface area contributed by atoms with Crippen molar-refractivity contribution in [3.63, 3.8) is 0 Å². The lowest BCUT2D eigenvalue weighted by Gasteiger charge is -2.08. The SMILES string of the molecule is Cc1nn(Cc2ccccc2)c(Cl)c1/C=C/C(=O)OCC(=O)Nc1cccc([N+](=O)[O-])c1C. The Morgan fingerprint density at radius 3 is 2.61 bits per heavy atom. The molecule has 9 nitrogen and oxygen atoms in total. The Morgan fingerprint density at radius 1 is 1.18 bits per heavy atom. The zero-order valence-corrected chi connectivity index (χ0v) is 18.7. The quantitative estimate of drug-likeness (QED) is 0.228. The lowest BCUT2D eigenvalue weighted by molar-refractivity contribution is -0.385. The monoisotopic (exact) mass is 468 g/mol. The second-order valence-electron chi connectivity index (χ2n) is 7.13. The Bertz CT molecular complexity index is 1220. The molecular formula is C23H21ClN4O5. The average Bonchev–Trinajstić information content (AvgIpc) is 3.05. The Labute approximate surface area is 194 Å². The number of nitrogens with one attached hydrogen (secondary N) is 1. The van der Waals surface area contributed by atoms with E-state index in [1.54, 1.807) is 11.6 Å². The van der Waals surface area contributed by atoms with E-state index in [0.29, 0.717) is 28.5 Å². The number of aromatic nitrogens is 2. The van der Waals surface area contributed by atoms with Gasteiger partial charge in [-0.3, -0.25) is 14.9 Å². The number of nitro groups is 1. The number of esters is 1. The molecule has 0 atom stereocenters. The molecule has 0 aliphatic carbocycles. The second kappa shape index (κ2) is 10.6. The van der Waals surface area contributed by atoms with Gasteiger partial charge in [0.15, 0.2) is 6.61 Å². The maximum absolute atomic E-state index is 12.1. The van der Waals surface area contributed by atoms with E-state index in [1.807, 2.05) is 30.3 Å². The highest BCUT2D eigenvalue weighted by Crippen LogP contribution is 2.25. The van der Waals surface area contributed by atoms with Crippen LogP contribution in [0.25, 0.3) is 6.08 Å². The van der Waals surface area contributed by atoms with Gasteiger partial charge in [0.05, 0.1) is 28.4 Å². The molecule has 0 radical (unpaired) electrons. The molecule has 2 aromatic carbocycles. The first-order valence-corrected chi connectivity index (χ1v) is 10.3. The highest BCUT2D eigenvalue weighted by molar-refractivity contribution is 6.31. The van der Waals surface area contributed by atoms with Gasteiger partial charge in [0.1, 0.15) is 5.15 Å². The first-order chi connectivity index (χ1) is 15.8. The maximum atomic E-state index is 12.1. The highest BCUT2D eigenvalue weighted by atomic mass is 35.5. The Hall–Kier alpha value is -3.98. The first kappa shape index (κ1) is 23.7. The summed E-state index contributed by atoms with van der Waals surface area (Å²) in [5, 5.41) is 18.3. The number of rotatable bonds is 8. The number of aryl methyl sites for hydroxylation is 1. The number of nitrogens with zero attached hydrogens (tertiary/aromatic N) is 3. The number of halogens is 1. The van der Waals surface area contributed by atoms with Crippen LogP contribution < -0.4 is 5.32 Å². The van der Waals surface area contributed by atoms with E-state index in [9.17, 15) is 19.7 Å². The van der Waals surface area contributed by atoms with Crippen molar-refractivity contribution in [2.45, 2.75) is 20.4 Å². The largest absolute Gasteiger partial charge is 0.452 e. The summed E-state index contributed by atoms with van der Waals surface area (Å²) >= 11 is 6.42. The van der Waals surface area contributed by atoms with Gasteiger partial charge in [-0.2, -0.15) is 5.10 Å². The summed E-state index contributed by atoms with van der Waals surface area (Å²) in [5.74, 6) is -1.36. The molecule has 10 heteroatoms. The topological polar surface area (TPSA) is 116 Å². The van der Waals surface area contributed by atoms with E-state index in [0.717, 1.165) is 11.6 Å². The summed E-state index contributed by atoms with van der Waals surface area (Å²) in [4.78, 5) is 34.6. The molecule has 3 rings (SSSR count). The zero-order chi connectivity index (χ0) is 24.0. The molecule has 0 saturated heterocycles. The third-order valence-corrected chi connectivity index (χ3v) is 5.19. The minimum atomic E-state index is -0.743. The van der Waals surface area contributed by atoms with Crippen LogP contribution >= 0.6 is 11.6 Å². The summed E-state index contributed by atoms with van der Waals surface area (Å²) in [7, 11) is 0. The average molecular weight is 469 g/mol. The van der Waals surface area contributed by atoms with E-state index in [1.165, 1.54) is 31.2 Å². The van der Waals surface area contributed by atoms with E-state index in [2.05, 4.69) is 10.4 Å². The van der Waals surface area contributed by atoms with Gasteiger partial charge in [-0.1, -0.05) is 48.0 Å². The smallest absolute Gasteiger partial charge is 0.331 e. The molecule has 0 aliphatic rings. The Balaban J connectivity index is 1.58. The van der Waals surface area contributed by atoms with Gasteiger partial charge in [-0.25, -0.2) is 9.48 Å². The number of ether oxygens (including phenoxy) is 1. The fourth-order valence-electron chi connectivity index (χ4n) is 3.10. The number of nitro benzene ring substituents is 1. The summed E-state index contributed by atoms with van der Waals surface area (Å²) in [6.07, 6.45) is 2.64. The molecule has 0 saturated carbocycles. The zero-order valence-electron chi connectivity index (χ0n) is 17.9. The van der Waals surface area contributed by atoms with Crippen molar-refractivity contribution < 1.29 is 19.2 Å². The third kappa shape index (κ3) is 6.05. The molecule has 3 aromatic rings. The number of hydrogen-bond donors (Lipinski definition) is 1. The van der Waals surface area contributed by atoms with Gasteiger partial charge in [0.25, 0.3) is 11.6 Å². The number of carbonyl (C=O) groups is 2. The van der Waals surface area contributed by atoms with Gasteiger partial charge in [0.2, 0.25) is 0 Å². The molecule has 1 N–H and O–H groups in total. The van der Waals surface area contributed by atoms with Crippen LogP contribution in [0.3, 0.4) is 0 Å². The van der Waals surface area contributed by atoms with Gasteiger partial charge in [0, 0.05) is 17.7 Å². The molecule has 0 bridgehead atoms. The van der Waals surface area contributed by atoms with Crippen molar-refractivity contribution in [3.05, 3.63) is 92.3 Å². The number of carbonyl (C=O) groups excluding carboxylic acids is 2. The van der Waals surface area contributed by atoms with Gasteiger partial charge in [-0.05, 0) is 31.6 Å². The molecule has 1 heterocycles. The minimum absolute atomic E-state index is 0.118. The highest BCUT2D eigenvalue weighted by Gasteiger charge is 2.16. The fourth-order valence-corrected chi connectivity index (χ4v) is 3.39. The van der Waals surface area contributed by atoms with E-state index in [4.69, 9.17) is 16.3 Å². The van der Waals surface area contributed by atoms with Gasteiger partial charge in [-0.15, -0.1) is 0 Å². The molecular weight excluding hydrogens is 448 g/mol. The second-order valence-corrected chi connectivity index (χ2v) is 7.49. The maximum Gasteiger partial charge on any atom is 0.331 e. The predicted molar refractivity (Wildman–Crippen MR) is 124 cm³/mol. The fraction of sp³-hybridized carbons (Fsp3) is 0.174.